The van der Waals surface area contributed by atoms with Crippen molar-refractivity contribution < 1.29 is 22.7 Å². The van der Waals surface area contributed by atoms with Crippen molar-refractivity contribution in [3.8, 4) is 0 Å². The number of carbonyl (C=O) groups excluding carboxylic acids is 2. The Kier molecular flexibility index (Phi) is 7.19. The third kappa shape index (κ3) is 5.47. The Morgan fingerprint density at radius 3 is 2.50 bits per heavy atom. The van der Waals surface area contributed by atoms with E-state index in [0.29, 0.717) is 6.42 Å². The second-order valence-electron chi connectivity index (χ2n) is 5.30. The molecule has 7 nitrogen and oxygen atoms in total. The first-order valence-corrected chi connectivity index (χ1v) is 9.47. The molecule has 0 aromatic heterocycles. The molecule has 0 heterocycles. The number of hydrogen-bond donors (Lipinski definition) is 1. The van der Waals surface area contributed by atoms with E-state index in [9.17, 15) is 18.0 Å². The number of carbonyl (C=O) groups is 2. The number of sulfonamides is 1. The summed E-state index contributed by atoms with van der Waals surface area (Å²) < 4.78 is 29.4. The summed E-state index contributed by atoms with van der Waals surface area (Å²) in [6.07, 6.45) is 1.62. The van der Waals surface area contributed by atoms with Crippen molar-refractivity contribution in [1.29, 1.82) is 0 Å². The second-order valence-corrected chi connectivity index (χ2v) is 7.64. The van der Waals surface area contributed by atoms with Gasteiger partial charge in [-0.25, -0.2) is 13.2 Å². The van der Waals surface area contributed by atoms with Gasteiger partial charge in [0.25, 0.3) is 0 Å². The predicted octanol–water partition coefficient (Wildman–Crippen LogP) is 2.13. The number of benzene rings is 1. The standard InChI is InChI=1S/C15H21ClN2O5S/c1-5-10(2)18(24(4,21)22)9-14(19)17-13-8-11(15(20)23-3)6-7-12(13)16/h6-8,10H,5,9H2,1-4H3,(H,17,19). The fourth-order valence-electron chi connectivity index (χ4n) is 2.00. The van der Waals surface area contributed by atoms with Crippen LogP contribution in [0, 0.1) is 0 Å². The van der Waals surface area contributed by atoms with Crippen molar-refractivity contribution in [2.75, 3.05) is 25.2 Å². The molecule has 1 atom stereocenters. The fourth-order valence-corrected chi connectivity index (χ4v) is 3.32. The van der Waals surface area contributed by atoms with Crippen molar-refractivity contribution in [2.24, 2.45) is 0 Å². The molecular weight excluding hydrogens is 356 g/mol. The van der Waals surface area contributed by atoms with Crippen LogP contribution in [0.2, 0.25) is 5.02 Å². The van der Waals surface area contributed by atoms with Gasteiger partial charge in [0, 0.05) is 6.04 Å². The Balaban J connectivity index is 2.96. The van der Waals surface area contributed by atoms with Gasteiger partial charge < -0.3 is 10.1 Å². The van der Waals surface area contributed by atoms with E-state index in [2.05, 4.69) is 10.1 Å². The summed E-state index contributed by atoms with van der Waals surface area (Å²) in [7, 11) is -2.29. The molecule has 0 saturated heterocycles. The third-order valence-electron chi connectivity index (χ3n) is 3.47. The average molecular weight is 377 g/mol. The van der Waals surface area contributed by atoms with Crippen molar-refractivity contribution in [1.82, 2.24) is 4.31 Å². The molecule has 0 spiro atoms. The summed E-state index contributed by atoms with van der Waals surface area (Å²) in [5.41, 5.74) is 0.432. The molecule has 0 radical (unpaired) electrons. The zero-order chi connectivity index (χ0) is 18.5. The van der Waals surface area contributed by atoms with Crippen LogP contribution < -0.4 is 5.32 Å². The quantitative estimate of drug-likeness (QED) is 0.736. The van der Waals surface area contributed by atoms with E-state index in [1.54, 1.807) is 6.92 Å². The lowest BCUT2D eigenvalue weighted by Crippen LogP contribution is -2.42. The first kappa shape index (κ1) is 20.4. The Morgan fingerprint density at radius 1 is 1.38 bits per heavy atom. The van der Waals surface area contributed by atoms with Gasteiger partial charge in [-0.05, 0) is 31.5 Å². The van der Waals surface area contributed by atoms with Gasteiger partial charge in [0.1, 0.15) is 0 Å². The van der Waals surface area contributed by atoms with Crippen LogP contribution in [0.25, 0.3) is 0 Å². The molecule has 0 bridgehead atoms. The number of nitrogens with zero attached hydrogens (tertiary/aromatic N) is 1. The molecule has 0 fully saturated rings. The molecule has 0 aliphatic rings. The van der Waals surface area contributed by atoms with Crippen LogP contribution in [-0.4, -0.2) is 50.6 Å². The highest BCUT2D eigenvalue weighted by Gasteiger charge is 2.25. The van der Waals surface area contributed by atoms with Crippen molar-refractivity contribution >= 4 is 39.2 Å². The number of amides is 1. The molecule has 0 aliphatic heterocycles. The minimum absolute atomic E-state index is 0.210. The molecule has 1 aromatic carbocycles. The third-order valence-corrected chi connectivity index (χ3v) is 5.14. The SMILES string of the molecule is CCC(C)N(CC(=O)Nc1cc(C(=O)OC)ccc1Cl)S(C)(=O)=O. The maximum Gasteiger partial charge on any atom is 0.337 e. The Bertz CT molecular complexity index is 721. The number of anilines is 1. The maximum absolute atomic E-state index is 12.2. The number of hydrogen-bond acceptors (Lipinski definition) is 5. The van der Waals surface area contributed by atoms with Crippen LogP contribution in [-0.2, 0) is 19.6 Å². The Labute approximate surface area is 147 Å². The first-order valence-electron chi connectivity index (χ1n) is 7.24. The van der Waals surface area contributed by atoms with E-state index in [1.165, 1.54) is 25.3 Å². The van der Waals surface area contributed by atoms with E-state index in [1.807, 2.05) is 6.92 Å². The molecule has 1 amide bonds. The number of nitrogens with one attached hydrogen (secondary N) is 1. The highest BCUT2D eigenvalue weighted by molar-refractivity contribution is 7.88. The molecule has 24 heavy (non-hydrogen) atoms. The molecular formula is C15H21ClN2O5S. The van der Waals surface area contributed by atoms with E-state index in [4.69, 9.17) is 11.6 Å². The lowest BCUT2D eigenvalue weighted by Gasteiger charge is -2.25. The second kappa shape index (κ2) is 8.46. The van der Waals surface area contributed by atoms with Gasteiger partial charge in [-0.2, -0.15) is 4.31 Å². The minimum Gasteiger partial charge on any atom is -0.465 e. The van der Waals surface area contributed by atoms with E-state index in [0.717, 1.165) is 10.6 Å². The predicted molar refractivity (Wildman–Crippen MR) is 92.7 cm³/mol. The summed E-state index contributed by atoms with van der Waals surface area (Å²) in [6, 6.07) is 3.97. The zero-order valence-corrected chi connectivity index (χ0v) is 15.6. The van der Waals surface area contributed by atoms with Crippen LogP contribution in [0.3, 0.4) is 0 Å². The topological polar surface area (TPSA) is 92.8 Å². The monoisotopic (exact) mass is 376 g/mol. The smallest absolute Gasteiger partial charge is 0.337 e. The molecule has 1 aromatic rings. The number of halogens is 1. The summed E-state index contributed by atoms with van der Waals surface area (Å²) in [4.78, 5) is 23.7. The maximum atomic E-state index is 12.2. The van der Waals surface area contributed by atoms with Crippen molar-refractivity contribution in [3.05, 3.63) is 28.8 Å². The Morgan fingerprint density at radius 2 is 2.00 bits per heavy atom. The van der Waals surface area contributed by atoms with Crippen molar-refractivity contribution in [2.45, 2.75) is 26.3 Å². The molecule has 1 N–H and O–H groups in total. The first-order chi connectivity index (χ1) is 11.1. The molecule has 1 rings (SSSR count). The van der Waals surface area contributed by atoms with Gasteiger partial charge in [-0.1, -0.05) is 18.5 Å². The van der Waals surface area contributed by atoms with Gasteiger partial charge >= 0.3 is 5.97 Å². The fraction of sp³-hybridized carbons (Fsp3) is 0.467. The summed E-state index contributed by atoms with van der Waals surface area (Å²) in [5.74, 6) is -1.12. The number of esters is 1. The van der Waals surface area contributed by atoms with Gasteiger partial charge in [0.15, 0.2) is 0 Å². The van der Waals surface area contributed by atoms with Crippen molar-refractivity contribution in [3.63, 3.8) is 0 Å². The molecule has 0 aliphatic carbocycles. The van der Waals surface area contributed by atoms with Crippen LogP contribution in [0.4, 0.5) is 5.69 Å². The lowest BCUT2D eigenvalue weighted by atomic mass is 10.2. The summed E-state index contributed by atoms with van der Waals surface area (Å²) >= 11 is 6.01. The van der Waals surface area contributed by atoms with Gasteiger partial charge in [-0.15, -0.1) is 0 Å². The molecule has 134 valence electrons. The number of ether oxygens (including phenoxy) is 1. The summed E-state index contributed by atoms with van der Waals surface area (Å²) in [6.45, 7) is 3.21. The number of rotatable bonds is 7. The highest BCUT2D eigenvalue weighted by Crippen LogP contribution is 2.23. The summed E-state index contributed by atoms with van der Waals surface area (Å²) in [5, 5.41) is 2.75. The average Bonchev–Trinajstić information content (AvgIpc) is 2.52. The van der Waals surface area contributed by atoms with Crippen LogP contribution in [0.5, 0.6) is 0 Å². The largest absolute Gasteiger partial charge is 0.465 e. The van der Waals surface area contributed by atoms with Gasteiger partial charge in [0.2, 0.25) is 15.9 Å². The minimum atomic E-state index is -3.53. The Hall–Kier alpha value is -1.64. The van der Waals surface area contributed by atoms with E-state index >= 15 is 0 Å². The molecule has 0 saturated carbocycles. The number of methoxy groups -OCH3 is 1. The lowest BCUT2D eigenvalue weighted by molar-refractivity contribution is -0.116. The van der Waals surface area contributed by atoms with Crippen LogP contribution in [0.15, 0.2) is 18.2 Å². The van der Waals surface area contributed by atoms with Gasteiger partial charge in [-0.3, -0.25) is 4.79 Å². The van der Waals surface area contributed by atoms with E-state index < -0.39 is 21.9 Å². The zero-order valence-electron chi connectivity index (χ0n) is 14.0. The van der Waals surface area contributed by atoms with Crippen LogP contribution in [0.1, 0.15) is 30.6 Å². The molecule has 9 heteroatoms. The normalized spacial score (nSPS) is 12.8. The van der Waals surface area contributed by atoms with E-state index in [-0.39, 0.29) is 28.9 Å². The van der Waals surface area contributed by atoms with Gasteiger partial charge in [0.05, 0.1) is 36.2 Å². The highest BCUT2D eigenvalue weighted by atomic mass is 35.5. The van der Waals surface area contributed by atoms with Crippen LogP contribution >= 0.6 is 11.6 Å². The molecule has 1 unspecified atom stereocenters.